The van der Waals surface area contributed by atoms with E-state index in [1.165, 1.54) is 0 Å². The molecule has 1 saturated heterocycles. The average molecular weight is 253 g/mol. The molecule has 2 unspecified atom stereocenters. The van der Waals surface area contributed by atoms with Crippen LogP contribution in [0.5, 0.6) is 0 Å². The third-order valence-electron chi connectivity index (χ3n) is 3.16. The summed E-state index contributed by atoms with van der Waals surface area (Å²) < 4.78 is 5.41. The number of nitrogens with one attached hydrogen (secondary N) is 1. The second-order valence-corrected chi connectivity index (χ2v) is 4.54. The molecule has 0 aliphatic carbocycles. The maximum absolute atomic E-state index is 12.3. The van der Waals surface area contributed by atoms with Crippen LogP contribution in [0.4, 0.5) is 0 Å². The highest BCUT2D eigenvalue weighted by molar-refractivity contribution is 5.92. The number of carbonyl (C=O) groups excluding carboxylic acids is 1. The second kappa shape index (κ2) is 5.49. The topological polar surface area (TPSA) is 78.5 Å². The lowest BCUT2D eigenvalue weighted by Crippen LogP contribution is -2.52. The number of morpholine rings is 1. The van der Waals surface area contributed by atoms with Crippen molar-refractivity contribution in [2.45, 2.75) is 32.4 Å². The minimum absolute atomic E-state index is 0.00803. The van der Waals surface area contributed by atoms with Crippen LogP contribution in [-0.2, 0) is 11.2 Å². The predicted octanol–water partition coefficient (Wildman–Crippen LogP) is 0.194. The number of aliphatic hydroxyl groups excluding tert-OH is 1. The highest BCUT2D eigenvalue weighted by atomic mass is 16.5. The maximum Gasteiger partial charge on any atom is 0.272 e. The molecule has 2 rings (SSSR count). The Bertz CT molecular complexity index is 418. The van der Waals surface area contributed by atoms with Crippen LogP contribution in [0.25, 0.3) is 0 Å². The summed E-state index contributed by atoms with van der Waals surface area (Å²) in [6.07, 6.45) is 2.04. The molecule has 1 aliphatic rings. The van der Waals surface area contributed by atoms with Crippen molar-refractivity contribution >= 4 is 5.91 Å². The van der Waals surface area contributed by atoms with Crippen LogP contribution in [0.1, 0.15) is 30.2 Å². The molecule has 1 aromatic rings. The van der Waals surface area contributed by atoms with Gasteiger partial charge in [-0.1, -0.05) is 6.92 Å². The first-order chi connectivity index (χ1) is 8.65. The molecular weight excluding hydrogens is 234 g/mol. The van der Waals surface area contributed by atoms with Crippen molar-refractivity contribution in [3.63, 3.8) is 0 Å². The van der Waals surface area contributed by atoms with Gasteiger partial charge in [-0.25, -0.2) is 4.98 Å². The lowest BCUT2D eigenvalue weighted by molar-refractivity contribution is -0.0668. The van der Waals surface area contributed by atoms with E-state index in [0.29, 0.717) is 18.8 Å². The van der Waals surface area contributed by atoms with Crippen LogP contribution in [-0.4, -0.2) is 57.8 Å². The number of ether oxygens (including phenoxy) is 1. The molecule has 18 heavy (non-hydrogen) atoms. The first kappa shape index (κ1) is 13.0. The van der Waals surface area contributed by atoms with E-state index in [1.807, 2.05) is 13.8 Å². The van der Waals surface area contributed by atoms with Gasteiger partial charge in [0.05, 0.1) is 31.6 Å². The summed E-state index contributed by atoms with van der Waals surface area (Å²) in [5.74, 6) is 0.717. The summed E-state index contributed by atoms with van der Waals surface area (Å²) in [5, 5.41) is 9.11. The summed E-state index contributed by atoms with van der Waals surface area (Å²) >= 11 is 0. The normalized spacial score (nSPS) is 24.3. The van der Waals surface area contributed by atoms with Crippen LogP contribution in [0.15, 0.2) is 6.20 Å². The first-order valence-electron chi connectivity index (χ1n) is 6.23. The van der Waals surface area contributed by atoms with Gasteiger partial charge in [-0.15, -0.1) is 0 Å². The second-order valence-electron chi connectivity index (χ2n) is 4.54. The number of amides is 1. The van der Waals surface area contributed by atoms with Crippen LogP contribution >= 0.6 is 0 Å². The summed E-state index contributed by atoms with van der Waals surface area (Å²) in [5.41, 5.74) is 0.497. The molecule has 2 heterocycles. The molecule has 0 saturated carbocycles. The van der Waals surface area contributed by atoms with Crippen molar-refractivity contribution in [1.82, 2.24) is 14.9 Å². The fraction of sp³-hybridized carbons (Fsp3) is 0.667. The molecule has 2 N–H and O–H groups in total. The van der Waals surface area contributed by atoms with Gasteiger partial charge < -0.3 is 19.7 Å². The molecule has 0 radical (unpaired) electrons. The molecule has 1 fully saturated rings. The molecule has 0 bridgehead atoms. The Hall–Kier alpha value is -1.40. The van der Waals surface area contributed by atoms with Gasteiger partial charge in [0.1, 0.15) is 11.5 Å². The molecule has 6 heteroatoms. The fourth-order valence-corrected chi connectivity index (χ4v) is 2.02. The number of rotatable bonds is 3. The van der Waals surface area contributed by atoms with Crippen LogP contribution < -0.4 is 0 Å². The largest absolute Gasteiger partial charge is 0.394 e. The minimum atomic E-state index is -0.293. The molecule has 1 aromatic heterocycles. The van der Waals surface area contributed by atoms with E-state index in [9.17, 15) is 4.79 Å². The Morgan fingerprint density at radius 1 is 1.72 bits per heavy atom. The Balaban J connectivity index is 2.11. The number of aromatic nitrogens is 2. The van der Waals surface area contributed by atoms with Gasteiger partial charge in [0, 0.05) is 13.0 Å². The smallest absolute Gasteiger partial charge is 0.272 e. The zero-order valence-electron chi connectivity index (χ0n) is 10.7. The number of aryl methyl sites for hydroxylation is 1. The van der Waals surface area contributed by atoms with Crippen molar-refractivity contribution in [1.29, 1.82) is 0 Å². The van der Waals surface area contributed by atoms with Crippen molar-refractivity contribution in [2.75, 3.05) is 19.8 Å². The molecular formula is C12H19N3O3. The molecule has 1 aliphatic heterocycles. The van der Waals surface area contributed by atoms with Crippen molar-refractivity contribution in [3.8, 4) is 0 Å². The van der Waals surface area contributed by atoms with Crippen molar-refractivity contribution in [3.05, 3.63) is 17.7 Å². The number of hydrogen-bond acceptors (Lipinski definition) is 4. The first-order valence-corrected chi connectivity index (χ1v) is 6.23. The van der Waals surface area contributed by atoms with Gasteiger partial charge in [-0.05, 0) is 6.92 Å². The molecule has 0 aromatic carbocycles. The van der Waals surface area contributed by atoms with Gasteiger partial charge in [0.2, 0.25) is 0 Å². The standard InChI is InChI=1S/C12H19N3O3/c1-3-11-13-4-10(14-11)12(17)15-5-9(6-16)18-7-8(15)2/h4,8-9,16H,3,5-7H2,1-2H3,(H,13,14). The number of aliphatic hydroxyl groups is 1. The van der Waals surface area contributed by atoms with Gasteiger partial charge in [-0.3, -0.25) is 4.79 Å². The number of nitrogens with zero attached hydrogens (tertiary/aromatic N) is 2. The zero-order valence-corrected chi connectivity index (χ0v) is 10.7. The number of H-pyrrole nitrogens is 1. The Morgan fingerprint density at radius 3 is 3.11 bits per heavy atom. The minimum Gasteiger partial charge on any atom is -0.394 e. The van der Waals surface area contributed by atoms with Crippen LogP contribution in [0.3, 0.4) is 0 Å². The Kier molecular flexibility index (Phi) is 3.98. The number of aromatic amines is 1. The van der Waals surface area contributed by atoms with Crippen LogP contribution in [0, 0.1) is 0 Å². The van der Waals surface area contributed by atoms with Gasteiger partial charge in [-0.2, -0.15) is 0 Å². The summed E-state index contributed by atoms with van der Waals surface area (Å²) in [7, 11) is 0. The Labute approximate surface area is 106 Å². The van der Waals surface area contributed by atoms with E-state index in [1.54, 1.807) is 11.1 Å². The maximum atomic E-state index is 12.3. The van der Waals surface area contributed by atoms with Crippen molar-refractivity contribution < 1.29 is 14.6 Å². The number of imidazole rings is 1. The molecule has 100 valence electrons. The van der Waals surface area contributed by atoms with E-state index in [0.717, 1.165) is 12.2 Å². The molecule has 2 atom stereocenters. The van der Waals surface area contributed by atoms with Crippen LogP contribution in [0.2, 0.25) is 0 Å². The van der Waals surface area contributed by atoms with E-state index in [2.05, 4.69) is 9.97 Å². The van der Waals surface area contributed by atoms with E-state index in [4.69, 9.17) is 9.84 Å². The quantitative estimate of drug-likeness (QED) is 0.806. The molecule has 1 amide bonds. The van der Waals surface area contributed by atoms with Gasteiger partial charge in [0.25, 0.3) is 5.91 Å². The highest BCUT2D eigenvalue weighted by Crippen LogP contribution is 2.14. The molecule has 0 spiro atoms. The lowest BCUT2D eigenvalue weighted by atomic mass is 10.2. The predicted molar refractivity (Wildman–Crippen MR) is 65.3 cm³/mol. The summed E-state index contributed by atoms with van der Waals surface area (Å²) in [6.45, 7) is 4.71. The Morgan fingerprint density at radius 2 is 2.50 bits per heavy atom. The average Bonchev–Trinajstić information content (AvgIpc) is 2.87. The van der Waals surface area contributed by atoms with Gasteiger partial charge in [0.15, 0.2) is 0 Å². The third kappa shape index (κ3) is 2.54. The summed E-state index contributed by atoms with van der Waals surface area (Å²) in [4.78, 5) is 21.2. The highest BCUT2D eigenvalue weighted by Gasteiger charge is 2.30. The third-order valence-corrected chi connectivity index (χ3v) is 3.16. The zero-order chi connectivity index (χ0) is 13.1. The SMILES string of the molecule is CCc1ncc(C(=O)N2CC(CO)OCC2C)[nH]1. The lowest BCUT2D eigenvalue weighted by Gasteiger charge is -2.37. The van der Waals surface area contributed by atoms with E-state index in [-0.39, 0.29) is 24.7 Å². The van der Waals surface area contributed by atoms with E-state index >= 15 is 0 Å². The molecule has 6 nitrogen and oxygen atoms in total. The monoisotopic (exact) mass is 253 g/mol. The number of carbonyl (C=O) groups is 1. The fourth-order valence-electron chi connectivity index (χ4n) is 2.02. The summed E-state index contributed by atoms with van der Waals surface area (Å²) in [6, 6.07) is 0.00803. The number of hydrogen-bond donors (Lipinski definition) is 2. The van der Waals surface area contributed by atoms with E-state index < -0.39 is 0 Å². The van der Waals surface area contributed by atoms with Crippen molar-refractivity contribution in [2.24, 2.45) is 0 Å². The van der Waals surface area contributed by atoms with Gasteiger partial charge >= 0.3 is 0 Å².